The second-order valence-corrected chi connectivity index (χ2v) is 7.62. The minimum Gasteiger partial charge on any atom is -0.396 e. The minimum atomic E-state index is 0.150. The van der Waals surface area contributed by atoms with Gasteiger partial charge in [-0.15, -0.1) is 11.8 Å². The number of thioether (sulfide) groups is 1. The maximum Gasteiger partial charge on any atom is 0.0441 e. The van der Waals surface area contributed by atoms with Crippen LogP contribution in [0.2, 0.25) is 0 Å². The lowest BCUT2D eigenvalue weighted by atomic mass is 10.1. The van der Waals surface area contributed by atoms with Crippen molar-refractivity contribution in [1.82, 2.24) is 5.32 Å². The third-order valence-corrected chi connectivity index (χ3v) is 4.28. The first-order valence-corrected chi connectivity index (χ1v) is 7.82. The largest absolute Gasteiger partial charge is 0.396 e. The highest BCUT2D eigenvalue weighted by Gasteiger charge is 2.10. The fourth-order valence-corrected chi connectivity index (χ4v) is 2.83. The molecule has 1 atom stereocenters. The Morgan fingerprint density at radius 1 is 1.32 bits per heavy atom. The zero-order valence-corrected chi connectivity index (χ0v) is 13.6. The average Bonchev–Trinajstić information content (AvgIpc) is 2.29. The van der Waals surface area contributed by atoms with Crippen LogP contribution < -0.4 is 5.32 Å². The molecule has 108 valence electrons. The van der Waals surface area contributed by atoms with E-state index in [1.54, 1.807) is 0 Å². The Morgan fingerprint density at radius 2 is 2.00 bits per heavy atom. The molecule has 0 heterocycles. The van der Waals surface area contributed by atoms with E-state index in [1.165, 1.54) is 16.0 Å². The predicted molar refractivity (Wildman–Crippen MR) is 84.8 cm³/mol. The second kappa shape index (κ2) is 7.32. The third-order valence-electron chi connectivity index (χ3n) is 2.93. The van der Waals surface area contributed by atoms with Crippen molar-refractivity contribution in [3.8, 4) is 0 Å². The summed E-state index contributed by atoms with van der Waals surface area (Å²) in [5.74, 6) is 0. The van der Waals surface area contributed by atoms with Crippen molar-refractivity contribution < 1.29 is 5.11 Å². The fourth-order valence-electron chi connectivity index (χ4n) is 1.78. The van der Waals surface area contributed by atoms with Gasteiger partial charge in [-0.2, -0.15) is 0 Å². The van der Waals surface area contributed by atoms with Gasteiger partial charge >= 0.3 is 0 Å². The van der Waals surface area contributed by atoms with Crippen LogP contribution >= 0.6 is 11.8 Å². The van der Waals surface area contributed by atoms with Crippen LogP contribution in [-0.2, 0) is 6.54 Å². The number of benzene rings is 1. The molecular weight excluding hydrogens is 254 g/mol. The predicted octanol–water partition coefficient (Wildman–Crippen LogP) is 3.75. The van der Waals surface area contributed by atoms with Crippen LogP contribution in [0.4, 0.5) is 0 Å². The van der Waals surface area contributed by atoms with E-state index < -0.39 is 0 Å². The highest BCUT2D eigenvalue weighted by atomic mass is 32.2. The van der Waals surface area contributed by atoms with Crippen molar-refractivity contribution in [1.29, 1.82) is 0 Å². The molecule has 0 bridgehead atoms. The molecule has 0 aliphatic carbocycles. The Bertz CT molecular complexity index is 398. The standard InChI is InChI=1S/C16H27NOS/c1-12-10-14(11-17-16(3,4)5)6-7-15(12)19-13(2)8-9-18/h6-7,10,13,17-18H,8-9,11H2,1-5H3. The van der Waals surface area contributed by atoms with Crippen molar-refractivity contribution in [3.05, 3.63) is 29.3 Å². The summed E-state index contributed by atoms with van der Waals surface area (Å²) in [5, 5.41) is 12.9. The Kier molecular flexibility index (Phi) is 6.37. The zero-order chi connectivity index (χ0) is 14.5. The monoisotopic (exact) mass is 281 g/mol. The molecule has 1 aromatic rings. The molecule has 0 amide bonds. The first-order chi connectivity index (χ1) is 8.81. The number of hydrogen-bond acceptors (Lipinski definition) is 3. The summed E-state index contributed by atoms with van der Waals surface area (Å²) in [6, 6.07) is 6.65. The molecule has 0 aromatic heterocycles. The molecule has 1 unspecified atom stereocenters. The average molecular weight is 281 g/mol. The van der Waals surface area contributed by atoms with Crippen molar-refractivity contribution in [2.24, 2.45) is 0 Å². The second-order valence-electron chi connectivity index (χ2n) is 6.14. The van der Waals surface area contributed by atoms with Crippen LogP contribution in [0, 0.1) is 6.92 Å². The van der Waals surface area contributed by atoms with E-state index in [2.05, 4.69) is 58.1 Å². The lowest BCUT2D eigenvalue weighted by Crippen LogP contribution is -2.35. The Hall–Kier alpha value is -0.510. The van der Waals surface area contributed by atoms with Crippen LogP contribution in [-0.4, -0.2) is 22.5 Å². The maximum absolute atomic E-state index is 8.95. The molecule has 0 spiro atoms. The molecule has 19 heavy (non-hydrogen) atoms. The van der Waals surface area contributed by atoms with Gasteiger partial charge in [0.15, 0.2) is 0 Å². The summed E-state index contributed by atoms with van der Waals surface area (Å²) in [7, 11) is 0. The minimum absolute atomic E-state index is 0.150. The van der Waals surface area contributed by atoms with E-state index in [1.807, 2.05) is 11.8 Å². The Morgan fingerprint density at radius 3 is 2.53 bits per heavy atom. The summed E-state index contributed by atoms with van der Waals surface area (Å²) in [6.45, 7) is 12.0. The molecule has 3 heteroatoms. The van der Waals surface area contributed by atoms with Gasteiger partial charge in [0.2, 0.25) is 0 Å². The van der Waals surface area contributed by atoms with E-state index >= 15 is 0 Å². The molecule has 0 radical (unpaired) electrons. The van der Waals surface area contributed by atoms with Crippen molar-refractivity contribution in [2.75, 3.05) is 6.61 Å². The molecule has 0 saturated heterocycles. The summed E-state index contributed by atoms with van der Waals surface area (Å²) < 4.78 is 0. The number of aliphatic hydroxyl groups is 1. The molecule has 1 aromatic carbocycles. The smallest absolute Gasteiger partial charge is 0.0441 e. The van der Waals surface area contributed by atoms with Crippen LogP contribution in [0.25, 0.3) is 0 Å². The van der Waals surface area contributed by atoms with Gasteiger partial charge in [0, 0.05) is 28.8 Å². The van der Waals surface area contributed by atoms with E-state index in [-0.39, 0.29) is 12.1 Å². The Balaban J connectivity index is 2.64. The molecule has 2 N–H and O–H groups in total. The van der Waals surface area contributed by atoms with Crippen molar-refractivity contribution >= 4 is 11.8 Å². The number of aliphatic hydroxyl groups excluding tert-OH is 1. The van der Waals surface area contributed by atoms with E-state index in [0.29, 0.717) is 5.25 Å². The fraction of sp³-hybridized carbons (Fsp3) is 0.625. The van der Waals surface area contributed by atoms with Gasteiger partial charge in [0.1, 0.15) is 0 Å². The summed E-state index contributed by atoms with van der Waals surface area (Å²) >= 11 is 1.85. The lowest BCUT2D eigenvalue weighted by molar-refractivity contribution is 0.289. The van der Waals surface area contributed by atoms with Crippen molar-refractivity contribution in [2.45, 2.75) is 63.3 Å². The summed E-state index contributed by atoms with van der Waals surface area (Å²) in [5.41, 5.74) is 2.80. The molecule has 0 saturated carbocycles. The van der Waals surface area contributed by atoms with Gasteiger partial charge in [-0.25, -0.2) is 0 Å². The molecule has 0 aliphatic heterocycles. The summed E-state index contributed by atoms with van der Waals surface area (Å²) in [4.78, 5) is 1.32. The lowest BCUT2D eigenvalue weighted by Gasteiger charge is -2.21. The van der Waals surface area contributed by atoms with Gasteiger partial charge in [-0.1, -0.05) is 19.1 Å². The number of rotatable bonds is 6. The third kappa shape index (κ3) is 6.46. The van der Waals surface area contributed by atoms with Gasteiger partial charge in [-0.05, 0) is 51.3 Å². The van der Waals surface area contributed by atoms with Gasteiger partial charge < -0.3 is 10.4 Å². The number of hydrogen-bond donors (Lipinski definition) is 2. The van der Waals surface area contributed by atoms with Crippen LogP contribution in [0.1, 0.15) is 45.2 Å². The maximum atomic E-state index is 8.95. The van der Waals surface area contributed by atoms with Crippen LogP contribution in [0.15, 0.2) is 23.1 Å². The van der Waals surface area contributed by atoms with Gasteiger partial charge in [0.05, 0.1) is 0 Å². The van der Waals surface area contributed by atoms with Crippen molar-refractivity contribution in [3.63, 3.8) is 0 Å². The topological polar surface area (TPSA) is 32.3 Å². The summed E-state index contributed by atoms with van der Waals surface area (Å²) in [6.07, 6.45) is 0.845. The first kappa shape index (κ1) is 16.5. The van der Waals surface area contributed by atoms with Gasteiger partial charge in [0.25, 0.3) is 0 Å². The van der Waals surface area contributed by atoms with E-state index in [0.717, 1.165) is 13.0 Å². The Labute approximate surface area is 122 Å². The molecule has 0 aliphatic rings. The zero-order valence-electron chi connectivity index (χ0n) is 12.8. The van der Waals surface area contributed by atoms with Crippen LogP contribution in [0.5, 0.6) is 0 Å². The normalized spacial score (nSPS) is 13.6. The SMILES string of the molecule is Cc1cc(CNC(C)(C)C)ccc1SC(C)CCO. The molecule has 1 rings (SSSR count). The molecule has 0 fully saturated rings. The molecule has 2 nitrogen and oxygen atoms in total. The quantitative estimate of drug-likeness (QED) is 0.779. The van der Waals surface area contributed by atoms with Crippen LogP contribution in [0.3, 0.4) is 0 Å². The van der Waals surface area contributed by atoms with E-state index in [4.69, 9.17) is 5.11 Å². The number of aryl methyl sites for hydroxylation is 1. The highest BCUT2D eigenvalue weighted by molar-refractivity contribution is 8.00. The number of nitrogens with one attached hydrogen (secondary N) is 1. The van der Waals surface area contributed by atoms with Gasteiger partial charge in [-0.3, -0.25) is 0 Å². The first-order valence-electron chi connectivity index (χ1n) is 6.94. The highest BCUT2D eigenvalue weighted by Crippen LogP contribution is 2.28. The van der Waals surface area contributed by atoms with E-state index in [9.17, 15) is 0 Å². The molecular formula is C16H27NOS.